The van der Waals surface area contributed by atoms with Crippen LogP contribution >= 0.6 is 0 Å². The maximum Gasteiger partial charge on any atom is 0.231 e. The van der Waals surface area contributed by atoms with Crippen molar-refractivity contribution >= 4 is 23.3 Å². The van der Waals surface area contributed by atoms with Crippen molar-refractivity contribution in [1.29, 1.82) is 0 Å². The number of aromatic nitrogens is 5. The average molecular weight is 399 g/mol. The van der Waals surface area contributed by atoms with E-state index >= 15 is 0 Å². The van der Waals surface area contributed by atoms with Gasteiger partial charge in [-0.2, -0.15) is 0 Å². The number of hydrogen-bond acceptors (Lipinski definition) is 8. The first-order valence-corrected chi connectivity index (χ1v) is 9.29. The summed E-state index contributed by atoms with van der Waals surface area (Å²) in [4.78, 5) is 22.6. The number of fused-ring (bicyclic) bond motifs is 1. The zero-order valence-electron chi connectivity index (χ0n) is 15.8. The standard InChI is InChI=1S/C19H19F2N7O/c1-2-4-12-7-23-19(24-8-12)28-5-3-6-29-16-17(25-11-26-18(16)28)27-15-13(20)9-22-10-14(15)21/h7-11H,2-6H2,1H3,(H,22,25,26,27). The minimum Gasteiger partial charge on any atom is -0.486 e. The van der Waals surface area contributed by atoms with E-state index in [1.54, 1.807) is 12.4 Å². The second-order valence-electron chi connectivity index (χ2n) is 6.47. The lowest BCUT2D eigenvalue weighted by Gasteiger charge is -2.21. The number of rotatable bonds is 5. The molecule has 0 unspecified atom stereocenters. The van der Waals surface area contributed by atoms with Gasteiger partial charge in [0.1, 0.15) is 12.0 Å². The van der Waals surface area contributed by atoms with Gasteiger partial charge < -0.3 is 10.1 Å². The van der Waals surface area contributed by atoms with Gasteiger partial charge in [0, 0.05) is 18.9 Å². The SMILES string of the molecule is CCCc1cnc(N2CCCOc3c(Nc4c(F)cncc4F)ncnc32)nc1. The fourth-order valence-corrected chi connectivity index (χ4v) is 3.03. The van der Waals surface area contributed by atoms with Crippen molar-refractivity contribution in [3.63, 3.8) is 0 Å². The van der Waals surface area contributed by atoms with E-state index in [-0.39, 0.29) is 17.3 Å². The molecule has 0 saturated heterocycles. The number of aryl methyl sites for hydroxylation is 1. The van der Waals surface area contributed by atoms with E-state index < -0.39 is 11.6 Å². The van der Waals surface area contributed by atoms with Gasteiger partial charge in [0.2, 0.25) is 11.7 Å². The molecule has 0 aliphatic carbocycles. The molecule has 29 heavy (non-hydrogen) atoms. The number of pyridine rings is 1. The highest BCUT2D eigenvalue weighted by molar-refractivity contribution is 5.73. The molecule has 0 radical (unpaired) electrons. The monoisotopic (exact) mass is 399 g/mol. The molecule has 1 aliphatic rings. The van der Waals surface area contributed by atoms with Crippen molar-refractivity contribution in [3.8, 4) is 5.75 Å². The van der Waals surface area contributed by atoms with E-state index in [9.17, 15) is 8.78 Å². The van der Waals surface area contributed by atoms with Gasteiger partial charge in [-0.05, 0) is 18.4 Å². The molecule has 0 saturated carbocycles. The van der Waals surface area contributed by atoms with Gasteiger partial charge in [0.25, 0.3) is 0 Å². The van der Waals surface area contributed by atoms with Crippen LogP contribution < -0.4 is 15.0 Å². The molecule has 4 rings (SSSR count). The summed E-state index contributed by atoms with van der Waals surface area (Å²) >= 11 is 0. The first kappa shape index (κ1) is 18.9. The van der Waals surface area contributed by atoms with Crippen LogP contribution in [-0.4, -0.2) is 38.1 Å². The third-order valence-electron chi connectivity index (χ3n) is 4.38. The molecule has 0 atom stereocenters. The molecule has 3 aromatic heterocycles. The number of nitrogens with zero attached hydrogens (tertiary/aromatic N) is 6. The topological polar surface area (TPSA) is 89.0 Å². The third kappa shape index (κ3) is 3.91. The Balaban J connectivity index is 1.71. The molecular formula is C19H19F2N7O. The molecule has 0 fully saturated rings. The lowest BCUT2D eigenvalue weighted by molar-refractivity contribution is 0.322. The number of anilines is 4. The maximum atomic E-state index is 14.0. The van der Waals surface area contributed by atoms with Crippen LogP contribution in [0.5, 0.6) is 5.75 Å². The van der Waals surface area contributed by atoms with E-state index in [0.717, 1.165) is 30.8 Å². The molecule has 0 bridgehead atoms. The average Bonchev–Trinajstić information content (AvgIpc) is 2.95. The van der Waals surface area contributed by atoms with Crippen LogP contribution in [0.2, 0.25) is 0 Å². The third-order valence-corrected chi connectivity index (χ3v) is 4.38. The van der Waals surface area contributed by atoms with Crippen LogP contribution in [-0.2, 0) is 6.42 Å². The van der Waals surface area contributed by atoms with Crippen molar-refractivity contribution < 1.29 is 13.5 Å². The highest BCUT2D eigenvalue weighted by atomic mass is 19.1. The second kappa shape index (κ2) is 8.29. The molecule has 0 aromatic carbocycles. The predicted octanol–water partition coefficient (Wildman–Crippen LogP) is 3.56. The normalized spacial score (nSPS) is 13.4. The zero-order valence-corrected chi connectivity index (χ0v) is 15.8. The minimum absolute atomic E-state index is 0.147. The van der Waals surface area contributed by atoms with E-state index in [1.165, 1.54) is 6.33 Å². The van der Waals surface area contributed by atoms with Gasteiger partial charge in [-0.1, -0.05) is 13.3 Å². The van der Waals surface area contributed by atoms with Crippen LogP contribution in [0.15, 0.2) is 31.1 Å². The first-order valence-electron chi connectivity index (χ1n) is 9.29. The Morgan fingerprint density at radius 1 is 1.07 bits per heavy atom. The highest BCUT2D eigenvalue weighted by Crippen LogP contribution is 2.38. The number of hydrogen-bond donors (Lipinski definition) is 1. The number of halogens is 2. The summed E-state index contributed by atoms with van der Waals surface area (Å²) in [6.45, 7) is 3.06. The largest absolute Gasteiger partial charge is 0.486 e. The molecule has 8 nitrogen and oxygen atoms in total. The number of nitrogens with one attached hydrogen (secondary N) is 1. The first-order chi connectivity index (χ1) is 14.2. The van der Waals surface area contributed by atoms with Crippen LogP contribution in [0.4, 0.5) is 32.1 Å². The molecule has 10 heteroatoms. The van der Waals surface area contributed by atoms with Crippen LogP contribution in [0.25, 0.3) is 0 Å². The fourth-order valence-electron chi connectivity index (χ4n) is 3.03. The zero-order chi connectivity index (χ0) is 20.2. The lowest BCUT2D eigenvalue weighted by Crippen LogP contribution is -2.21. The van der Waals surface area contributed by atoms with Crippen molar-refractivity contribution in [2.24, 2.45) is 0 Å². The molecule has 150 valence electrons. The van der Waals surface area contributed by atoms with Gasteiger partial charge in [-0.3, -0.25) is 9.88 Å². The van der Waals surface area contributed by atoms with Crippen molar-refractivity contribution in [3.05, 3.63) is 48.3 Å². The Kier molecular flexibility index (Phi) is 5.41. The Hall–Kier alpha value is -3.43. The summed E-state index contributed by atoms with van der Waals surface area (Å²) in [5.41, 5.74) is 0.691. The van der Waals surface area contributed by atoms with Crippen molar-refractivity contribution in [2.75, 3.05) is 23.4 Å². The van der Waals surface area contributed by atoms with Gasteiger partial charge >= 0.3 is 0 Å². The summed E-state index contributed by atoms with van der Waals surface area (Å²) in [7, 11) is 0. The molecule has 3 aromatic rings. The molecule has 0 spiro atoms. The van der Waals surface area contributed by atoms with Crippen LogP contribution in [0.1, 0.15) is 25.3 Å². The van der Waals surface area contributed by atoms with Gasteiger partial charge in [-0.15, -0.1) is 0 Å². The molecule has 1 N–H and O–H groups in total. The summed E-state index contributed by atoms with van der Waals surface area (Å²) in [5.74, 6) is -0.341. The summed E-state index contributed by atoms with van der Waals surface area (Å²) in [6.07, 6.45) is 9.32. The van der Waals surface area contributed by atoms with E-state index in [0.29, 0.717) is 31.3 Å². The molecule has 1 aliphatic heterocycles. The van der Waals surface area contributed by atoms with Crippen molar-refractivity contribution in [1.82, 2.24) is 24.9 Å². The lowest BCUT2D eigenvalue weighted by atomic mass is 10.2. The predicted molar refractivity (Wildman–Crippen MR) is 103 cm³/mol. The van der Waals surface area contributed by atoms with Gasteiger partial charge in [0.15, 0.2) is 23.3 Å². The van der Waals surface area contributed by atoms with Crippen LogP contribution in [0, 0.1) is 11.6 Å². The molecule has 4 heterocycles. The van der Waals surface area contributed by atoms with Crippen molar-refractivity contribution in [2.45, 2.75) is 26.2 Å². The minimum atomic E-state index is -0.835. The van der Waals surface area contributed by atoms with E-state index in [1.807, 2.05) is 4.90 Å². The smallest absolute Gasteiger partial charge is 0.231 e. The Morgan fingerprint density at radius 2 is 1.83 bits per heavy atom. The Labute approximate surface area is 166 Å². The molecule has 0 amide bonds. The Morgan fingerprint density at radius 3 is 2.55 bits per heavy atom. The van der Waals surface area contributed by atoms with Gasteiger partial charge in [-0.25, -0.2) is 28.7 Å². The quantitative estimate of drug-likeness (QED) is 0.697. The fraction of sp³-hybridized carbons (Fsp3) is 0.316. The number of ether oxygens (including phenoxy) is 1. The Bertz CT molecular complexity index is 980. The van der Waals surface area contributed by atoms with Gasteiger partial charge in [0.05, 0.1) is 19.0 Å². The maximum absolute atomic E-state index is 14.0. The van der Waals surface area contributed by atoms with Crippen LogP contribution in [0.3, 0.4) is 0 Å². The van der Waals surface area contributed by atoms with E-state index in [4.69, 9.17) is 4.74 Å². The summed E-state index contributed by atoms with van der Waals surface area (Å²) in [6, 6.07) is 0. The van der Waals surface area contributed by atoms with E-state index in [2.05, 4.69) is 37.2 Å². The molecular weight excluding hydrogens is 380 g/mol. The summed E-state index contributed by atoms with van der Waals surface area (Å²) in [5, 5.41) is 2.66. The highest BCUT2D eigenvalue weighted by Gasteiger charge is 2.25. The summed E-state index contributed by atoms with van der Waals surface area (Å²) < 4.78 is 33.8. The second-order valence-corrected chi connectivity index (χ2v) is 6.47.